The molecular weight excluding hydrogens is 417 g/mol. The molecule has 0 spiro atoms. The number of alkyl halides is 3. The number of H-pyrrole nitrogens is 1. The van der Waals surface area contributed by atoms with Crippen LogP contribution in [0.3, 0.4) is 0 Å². The first-order valence-electron chi connectivity index (χ1n) is 9.61. The van der Waals surface area contributed by atoms with Crippen LogP contribution >= 0.6 is 0 Å². The van der Waals surface area contributed by atoms with Gasteiger partial charge in [0.25, 0.3) is 0 Å². The summed E-state index contributed by atoms with van der Waals surface area (Å²) in [6.45, 7) is 4.13. The molecule has 0 aliphatic carbocycles. The Kier molecular flexibility index (Phi) is 6.01. The van der Waals surface area contributed by atoms with E-state index in [1.807, 2.05) is 13.0 Å². The third kappa shape index (κ3) is 4.31. The van der Waals surface area contributed by atoms with Crippen LogP contribution in [-0.2, 0) is 34.3 Å². The van der Waals surface area contributed by atoms with E-state index in [1.54, 1.807) is 6.20 Å². The second-order valence-corrected chi connectivity index (χ2v) is 8.37. The molecule has 2 atom stereocenters. The number of pyridine rings is 1. The number of imidazole rings is 1. The summed E-state index contributed by atoms with van der Waals surface area (Å²) in [5.41, 5.74) is 2.44. The number of rotatable bonds is 5. The highest BCUT2D eigenvalue weighted by molar-refractivity contribution is 7.90. The van der Waals surface area contributed by atoms with Gasteiger partial charge in [-0.05, 0) is 41.8 Å². The maximum atomic E-state index is 12.9. The Hall–Kier alpha value is -2.14. The van der Waals surface area contributed by atoms with Crippen molar-refractivity contribution in [1.29, 1.82) is 0 Å². The highest BCUT2D eigenvalue weighted by Crippen LogP contribution is 2.32. The molecule has 2 N–H and O–H groups in total. The van der Waals surface area contributed by atoms with Crippen LogP contribution in [0.15, 0.2) is 35.6 Å². The molecule has 160 valence electrons. The summed E-state index contributed by atoms with van der Waals surface area (Å²) >= 11 is -1.59. The van der Waals surface area contributed by atoms with Gasteiger partial charge in [0.2, 0.25) is 0 Å². The van der Waals surface area contributed by atoms with Crippen molar-refractivity contribution in [1.82, 2.24) is 20.3 Å². The van der Waals surface area contributed by atoms with E-state index in [0.29, 0.717) is 30.8 Å². The van der Waals surface area contributed by atoms with Crippen molar-refractivity contribution in [3.05, 3.63) is 52.8 Å². The SMILES string of the molecule is CCc1c(C2CNCCO2)ccnc1C[S+]([O-])c1nc2ccc(C(F)(F)F)cc2[nH]1. The summed E-state index contributed by atoms with van der Waals surface area (Å²) in [6, 6.07) is 5.14. The van der Waals surface area contributed by atoms with Crippen LogP contribution in [0, 0.1) is 0 Å². The second-order valence-electron chi connectivity index (χ2n) is 7.00. The first-order chi connectivity index (χ1) is 14.4. The summed E-state index contributed by atoms with van der Waals surface area (Å²) in [4.78, 5) is 11.4. The topological polar surface area (TPSA) is 85.9 Å². The smallest absolute Gasteiger partial charge is 0.416 e. The molecule has 1 aromatic carbocycles. The molecule has 10 heteroatoms. The molecule has 6 nitrogen and oxygen atoms in total. The fraction of sp³-hybridized carbons (Fsp3) is 0.400. The maximum absolute atomic E-state index is 12.9. The average molecular weight is 438 g/mol. The summed E-state index contributed by atoms with van der Waals surface area (Å²) in [7, 11) is 0. The average Bonchev–Trinajstić information content (AvgIpc) is 3.17. The Labute approximate surface area is 174 Å². The fourth-order valence-electron chi connectivity index (χ4n) is 3.61. The number of halogens is 3. The number of aromatic nitrogens is 3. The molecular formula is C20H21F3N4O2S. The van der Waals surface area contributed by atoms with E-state index in [2.05, 4.69) is 20.3 Å². The Morgan fingerprint density at radius 3 is 2.83 bits per heavy atom. The Balaban J connectivity index is 1.59. The number of nitrogens with zero attached hydrogens (tertiary/aromatic N) is 2. The minimum Gasteiger partial charge on any atom is -0.609 e. The standard InChI is InChI=1S/C20H21F3N4O2S/c1-2-13-14(18-10-24-7-8-29-18)5-6-25-17(13)11-30(28)19-26-15-4-3-12(20(21,22)23)9-16(15)27-19/h3-6,9,18,24H,2,7-8,10-11H2,1H3,(H,26,27). The monoisotopic (exact) mass is 438 g/mol. The van der Waals surface area contributed by atoms with Crippen molar-refractivity contribution in [3.63, 3.8) is 0 Å². The highest BCUT2D eigenvalue weighted by atomic mass is 32.2. The van der Waals surface area contributed by atoms with Crippen molar-refractivity contribution in [2.24, 2.45) is 0 Å². The van der Waals surface area contributed by atoms with Crippen LogP contribution < -0.4 is 5.32 Å². The van der Waals surface area contributed by atoms with E-state index in [0.717, 1.165) is 29.8 Å². The van der Waals surface area contributed by atoms with Crippen LogP contribution in [0.2, 0.25) is 0 Å². The van der Waals surface area contributed by atoms with E-state index < -0.39 is 22.9 Å². The number of hydrogen-bond acceptors (Lipinski definition) is 5. The van der Waals surface area contributed by atoms with Gasteiger partial charge in [0.15, 0.2) is 5.75 Å². The lowest BCUT2D eigenvalue weighted by atomic mass is 9.99. The summed E-state index contributed by atoms with van der Waals surface area (Å²) in [5, 5.41) is 3.43. The van der Waals surface area contributed by atoms with E-state index in [1.165, 1.54) is 6.07 Å². The molecule has 0 bridgehead atoms. The van der Waals surface area contributed by atoms with E-state index in [-0.39, 0.29) is 22.5 Å². The molecule has 2 aromatic heterocycles. The number of hydrogen-bond donors (Lipinski definition) is 2. The molecule has 1 fully saturated rings. The minimum absolute atomic E-state index is 0.0872. The van der Waals surface area contributed by atoms with Gasteiger partial charge < -0.3 is 14.6 Å². The lowest BCUT2D eigenvalue weighted by Crippen LogP contribution is -2.34. The summed E-state index contributed by atoms with van der Waals surface area (Å²) < 4.78 is 57.6. The van der Waals surface area contributed by atoms with Crippen molar-refractivity contribution in [2.45, 2.75) is 36.5 Å². The number of aromatic amines is 1. The van der Waals surface area contributed by atoms with Crippen LogP contribution in [0.4, 0.5) is 13.2 Å². The van der Waals surface area contributed by atoms with Crippen molar-refractivity contribution >= 4 is 22.2 Å². The van der Waals surface area contributed by atoms with Crippen molar-refractivity contribution in [2.75, 3.05) is 19.7 Å². The van der Waals surface area contributed by atoms with Crippen LogP contribution in [0.25, 0.3) is 11.0 Å². The predicted molar refractivity (Wildman–Crippen MR) is 106 cm³/mol. The third-order valence-corrected chi connectivity index (χ3v) is 6.24. The Bertz CT molecular complexity index is 1030. The number of benzene rings is 1. The Morgan fingerprint density at radius 1 is 1.30 bits per heavy atom. The zero-order chi connectivity index (χ0) is 21.3. The zero-order valence-corrected chi connectivity index (χ0v) is 17.1. The lowest BCUT2D eigenvalue weighted by Gasteiger charge is -2.26. The minimum atomic E-state index is -4.45. The third-order valence-electron chi connectivity index (χ3n) is 5.08. The molecule has 3 aromatic rings. The molecule has 0 saturated carbocycles. The van der Waals surface area contributed by atoms with Gasteiger partial charge in [0.1, 0.15) is 0 Å². The van der Waals surface area contributed by atoms with Gasteiger partial charge in [0.05, 0.1) is 35.0 Å². The second kappa shape index (κ2) is 8.54. The largest absolute Gasteiger partial charge is 0.609 e. The molecule has 3 heterocycles. The predicted octanol–water partition coefficient (Wildman–Crippen LogP) is 3.51. The van der Waals surface area contributed by atoms with Gasteiger partial charge in [-0.1, -0.05) is 6.92 Å². The van der Waals surface area contributed by atoms with Crippen LogP contribution in [0.1, 0.15) is 35.4 Å². The van der Waals surface area contributed by atoms with Crippen molar-refractivity contribution < 1.29 is 22.5 Å². The van der Waals surface area contributed by atoms with Gasteiger partial charge >= 0.3 is 11.3 Å². The number of fused-ring (bicyclic) bond motifs is 1. The Morgan fingerprint density at radius 2 is 2.13 bits per heavy atom. The number of ether oxygens (including phenoxy) is 1. The molecule has 30 heavy (non-hydrogen) atoms. The highest BCUT2D eigenvalue weighted by Gasteiger charge is 2.31. The van der Waals surface area contributed by atoms with E-state index in [9.17, 15) is 17.7 Å². The molecule has 2 unspecified atom stereocenters. The van der Waals surface area contributed by atoms with Crippen molar-refractivity contribution in [3.8, 4) is 0 Å². The van der Waals surface area contributed by atoms with E-state index in [4.69, 9.17) is 4.74 Å². The molecule has 1 saturated heterocycles. The first kappa shape index (κ1) is 21.1. The fourth-order valence-corrected chi connectivity index (χ4v) is 4.67. The van der Waals surface area contributed by atoms with Gasteiger partial charge in [-0.15, -0.1) is 0 Å². The zero-order valence-electron chi connectivity index (χ0n) is 16.3. The number of nitrogens with one attached hydrogen (secondary N) is 2. The van der Waals surface area contributed by atoms with Gasteiger partial charge in [0, 0.05) is 30.5 Å². The summed E-state index contributed by atoms with van der Waals surface area (Å²) in [6.07, 6.45) is -2.16. The molecule has 1 aliphatic rings. The number of morpholine rings is 1. The van der Waals surface area contributed by atoms with E-state index >= 15 is 0 Å². The molecule has 4 rings (SSSR count). The van der Waals surface area contributed by atoms with Gasteiger partial charge in [-0.2, -0.15) is 18.2 Å². The molecule has 1 aliphatic heterocycles. The van der Waals surface area contributed by atoms with Crippen LogP contribution in [-0.4, -0.2) is 39.2 Å². The molecule has 0 amide bonds. The van der Waals surface area contributed by atoms with Gasteiger partial charge in [-0.25, -0.2) is 0 Å². The lowest BCUT2D eigenvalue weighted by molar-refractivity contribution is -0.137. The van der Waals surface area contributed by atoms with Crippen LogP contribution in [0.5, 0.6) is 0 Å². The maximum Gasteiger partial charge on any atom is 0.416 e. The molecule has 0 radical (unpaired) electrons. The summed E-state index contributed by atoms with van der Waals surface area (Å²) in [5.74, 6) is 0.114. The first-order valence-corrected chi connectivity index (χ1v) is 10.9. The quantitative estimate of drug-likeness (QED) is 0.596. The normalized spacial score (nSPS) is 18.6. The van der Waals surface area contributed by atoms with Gasteiger partial charge in [-0.3, -0.25) is 9.97 Å².